The highest BCUT2D eigenvalue weighted by Gasteiger charge is 2.19. The van der Waals surface area contributed by atoms with Crippen LogP contribution in [0.5, 0.6) is 0 Å². The number of aliphatic hydroxyl groups excluding tert-OH is 1. The summed E-state index contributed by atoms with van der Waals surface area (Å²) in [6.07, 6.45) is -0.485. The van der Waals surface area contributed by atoms with Crippen molar-refractivity contribution in [3.8, 4) is 0 Å². The molecule has 1 heterocycles. The van der Waals surface area contributed by atoms with E-state index in [0.717, 1.165) is 4.88 Å². The van der Waals surface area contributed by atoms with Gasteiger partial charge in [0.25, 0.3) is 0 Å². The predicted octanol–water partition coefficient (Wildman–Crippen LogP) is 2.16. The minimum absolute atomic E-state index is 0.0289. The number of rotatable bonds is 5. The van der Waals surface area contributed by atoms with Crippen LogP contribution in [0.1, 0.15) is 24.8 Å². The average Bonchev–Trinajstić information content (AvgIpc) is 2.75. The van der Waals surface area contributed by atoms with Crippen LogP contribution in [0.15, 0.2) is 17.5 Å². The number of alkyl carbamates (subject to hydrolysis) is 1. The van der Waals surface area contributed by atoms with Gasteiger partial charge in [0.15, 0.2) is 0 Å². The zero-order chi connectivity index (χ0) is 12.0. The van der Waals surface area contributed by atoms with Gasteiger partial charge >= 0.3 is 6.09 Å². The van der Waals surface area contributed by atoms with E-state index in [2.05, 4.69) is 5.32 Å². The van der Waals surface area contributed by atoms with Crippen molar-refractivity contribution in [3.63, 3.8) is 0 Å². The number of hydrogen-bond acceptors (Lipinski definition) is 4. The smallest absolute Gasteiger partial charge is 0.407 e. The van der Waals surface area contributed by atoms with Gasteiger partial charge < -0.3 is 15.2 Å². The van der Waals surface area contributed by atoms with Crippen LogP contribution in [0.2, 0.25) is 0 Å². The largest absolute Gasteiger partial charge is 0.447 e. The first kappa shape index (κ1) is 13.0. The molecule has 2 N–H and O–H groups in total. The summed E-state index contributed by atoms with van der Waals surface area (Å²) in [6.45, 7) is 3.95. The lowest BCUT2D eigenvalue weighted by molar-refractivity contribution is 0.114. The lowest BCUT2D eigenvalue weighted by atomic mass is 10.0. The molecule has 1 unspecified atom stereocenters. The topological polar surface area (TPSA) is 58.6 Å². The Morgan fingerprint density at radius 3 is 2.88 bits per heavy atom. The number of nitrogens with one attached hydrogen (secondary N) is 1. The summed E-state index contributed by atoms with van der Waals surface area (Å²) in [5.74, 6) is 0.292. The maximum Gasteiger partial charge on any atom is 0.407 e. The fourth-order valence-corrected chi connectivity index (χ4v) is 2.29. The van der Waals surface area contributed by atoms with Crippen LogP contribution in [-0.2, 0) is 4.74 Å². The molecule has 5 heteroatoms. The van der Waals surface area contributed by atoms with Gasteiger partial charge in [-0.1, -0.05) is 19.9 Å². The van der Waals surface area contributed by atoms with E-state index in [0.29, 0.717) is 5.92 Å². The number of amides is 1. The monoisotopic (exact) mass is 243 g/mol. The molecule has 1 amide bonds. The van der Waals surface area contributed by atoms with Gasteiger partial charge in [-0.05, 0) is 17.4 Å². The number of aliphatic hydroxyl groups is 1. The Balaban J connectivity index is 2.56. The third-order valence-corrected chi connectivity index (χ3v) is 3.07. The fourth-order valence-electron chi connectivity index (χ4n) is 1.34. The van der Waals surface area contributed by atoms with E-state index < -0.39 is 6.09 Å². The van der Waals surface area contributed by atoms with Crippen molar-refractivity contribution in [3.05, 3.63) is 22.4 Å². The summed E-state index contributed by atoms with van der Waals surface area (Å²) in [4.78, 5) is 12.5. The van der Waals surface area contributed by atoms with Gasteiger partial charge in [-0.3, -0.25) is 0 Å². The first-order valence-corrected chi connectivity index (χ1v) is 6.10. The van der Waals surface area contributed by atoms with Crippen LogP contribution in [0.3, 0.4) is 0 Å². The number of carbonyl (C=O) groups is 1. The summed E-state index contributed by atoms with van der Waals surface area (Å²) in [5, 5.41) is 13.3. The molecule has 16 heavy (non-hydrogen) atoms. The Hall–Kier alpha value is -1.07. The van der Waals surface area contributed by atoms with E-state index in [1.807, 2.05) is 31.4 Å². The number of thiophene rings is 1. The first-order chi connectivity index (χ1) is 7.65. The zero-order valence-corrected chi connectivity index (χ0v) is 10.3. The third-order valence-electron chi connectivity index (χ3n) is 2.11. The molecular weight excluding hydrogens is 226 g/mol. The molecule has 0 radical (unpaired) electrons. The third kappa shape index (κ3) is 3.83. The second-order valence-corrected chi connectivity index (χ2v) is 4.72. The lowest BCUT2D eigenvalue weighted by Gasteiger charge is -2.20. The molecule has 1 rings (SSSR count). The van der Waals surface area contributed by atoms with Gasteiger partial charge in [-0.2, -0.15) is 0 Å². The van der Waals surface area contributed by atoms with E-state index in [9.17, 15) is 4.79 Å². The second kappa shape index (κ2) is 6.50. The lowest BCUT2D eigenvalue weighted by Crippen LogP contribution is -2.32. The number of ether oxygens (including phenoxy) is 1. The van der Waals surface area contributed by atoms with Gasteiger partial charge in [0, 0.05) is 4.88 Å². The summed E-state index contributed by atoms with van der Waals surface area (Å²) < 4.78 is 4.77. The minimum atomic E-state index is -0.485. The molecule has 4 nitrogen and oxygen atoms in total. The van der Waals surface area contributed by atoms with E-state index in [1.165, 1.54) is 0 Å². The van der Waals surface area contributed by atoms with Gasteiger partial charge in [-0.25, -0.2) is 4.79 Å². The predicted molar refractivity (Wildman–Crippen MR) is 63.5 cm³/mol. The molecule has 1 aromatic rings. The number of hydrogen-bond donors (Lipinski definition) is 2. The Kier molecular flexibility index (Phi) is 5.28. The molecule has 0 saturated heterocycles. The summed E-state index contributed by atoms with van der Waals surface area (Å²) in [6, 6.07) is 3.91. The van der Waals surface area contributed by atoms with Gasteiger partial charge in [-0.15, -0.1) is 11.3 Å². The Bertz CT molecular complexity index is 311. The molecule has 1 aromatic heterocycles. The van der Waals surface area contributed by atoms with Crippen LogP contribution < -0.4 is 5.32 Å². The maximum atomic E-state index is 11.4. The average molecular weight is 243 g/mol. The van der Waals surface area contributed by atoms with Crippen molar-refractivity contribution in [1.29, 1.82) is 0 Å². The Morgan fingerprint density at radius 2 is 2.38 bits per heavy atom. The van der Waals surface area contributed by atoms with Crippen LogP contribution in [-0.4, -0.2) is 24.4 Å². The van der Waals surface area contributed by atoms with Crippen LogP contribution in [0.25, 0.3) is 0 Å². The molecular formula is C11H17NO3S. The van der Waals surface area contributed by atoms with Crippen molar-refractivity contribution in [1.82, 2.24) is 5.32 Å². The molecule has 0 aliphatic rings. The van der Waals surface area contributed by atoms with Crippen molar-refractivity contribution in [2.24, 2.45) is 5.92 Å². The fraction of sp³-hybridized carbons (Fsp3) is 0.545. The molecule has 1 atom stereocenters. The quantitative estimate of drug-likeness (QED) is 0.833. The van der Waals surface area contributed by atoms with Crippen molar-refractivity contribution in [2.75, 3.05) is 13.2 Å². The zero-order valence-electron chi connectivity index (χ0n) is 9.47. The van der Waals surface area contributed by atoms with E-state index >= 15 is 0 Å². The molecule has 0 aliphatic heterocycles. The van der Waals surface area contributed by atoms with Crippen LogP contribution >= 0.6 is 11.3 Å². The van der Waals surface area contributed by atoms with Crippen LogP contribution in [0.4, 0.5) is 4.79 Å². The van der Waals surface area contributed by atoms with Gasteiger partial charge in [0.2, 0.25) is 0 Å². The van der Waals surface area contributed by atoms with E-state index in [4.69, 9.17) is 9.84 Å². The van der Waals surface area contributed by atoms with Crippen LogP contribution in [0, 0.1) is 5.92 Å². The van der Waals surface area contributed by atoms with Crippen molar-refractivity contribution in [2.45, 2.75) is 19.9 Å². The van der Waals surface area contributed by atoms with Gasteiger partial charge in [0.1, 0.15) is 6.61 Å². The Labute approximate surface area is 99.2 Å². The highest BCUT2D eigenvalue weighted by molar-refractivity contribution is 7.10. The normalized spacial score (nSPS) is 12.5. The van der Waals surface area contributed by atoms with Crippen molar-refractivity contribution < 1.29 is 14.6 Å². The molecule has 0 spiro atoms. The summed E-state index contributed by atoms with van der Waals surface area (Å²) in [7, 11) is 0. The van der Waals surface area contributed by atoms with Crippen molar-refractivity contribution >= 4 is 17.4 Å². The van der Waals surface area contributed by atoms with Gasteiger partial charge in [0.05, 0.1) is 12.6 Å². The summed E-state index contributed by atoms with van der Waals surface area (Å²) in [5.41, 5.74) is 0. The molecule has 0 fully saturated rings. The maximum absolute atomic E-state index is 11.4. The molecule has 0 aliphatic carbocycles. The SMILES string of the molecule is CC(C)C(NC(=O)OCCO)c1cccs1. The van der Waals surface area contributed by atoms with E-state index in [1.54, 1.807) is 11.3 Å². The highest BCUT2D eigenvalue weighted by atomic mass is 32.1. The van der Waals surface area contributed by atoms with E-state index in [-0.39, 0.29) is 19.3 Å². The molecule has 0 aromatic carbocycles. The number of carbonyl (C=O) groups excluding carboxylic acids is 1. The second-order valence-electron chi connectivity index (χ2n) is 3.74. The first-order valence-electron chi connectivity index (χ1n) is 5.22. The Morgan fingerprint density at radius 1 is 1.62 bits per heavy atom. The molecule has 0 bridgehead atoms. The minimum Gasteiger partial charge on any atom is -0.447 e. The standard InChI is InChI=1S/C11H17NO3S/c1-8(2)10(9-4-3-7-16-9)12-11(14)15-6-5-13/h3-4,7-8,10,13H,5-6H2,1-2H3,(H,12,14). The highest BCUT2D eigenvalue weighted by Crippen LogP contribution is 2.25. The molecule has 0 saturated carbocycles. The molecule has 90 valence electrons. The summed E-state index contributed by atoms with van der Waals surface area (Å²) >= 11 is 1.61.